The molecule has 18 heavy (non-hydrogen) atoms. The molecule has 0 spiro atoms. The number of halogens is 2. The van der Waals surface area contributed by atoms with E-state index in [1.54, 1.807) is 12.1 Å². The second kappa shape index (κ2) is 5.74. The van der Waals surface area contributed by atoms with Gasteiger partial charge in [-0.1, -0.05) is 35.3 Å². The third-order valence-electron chi connectivity index (χ3n) is 2.43. The summed E-state index contributed by atoms with van der Waals surface area (Å²) in [5, 5.41) is 4.79. The fourth-order valence-electron chi connectivity index (χ4n) is 1.55. The molecular weight excluding hydrogens is 289 g/mol. The molecule has 1 aromatic heterocycles. The van der Waals surface area contributed by atoms with E-state index in [4.69, 9.17) is 23.2 Å². The van der Waals surface area contributed by atoms with Crippen molar-refractivity contribution in [1.29, 1.82) is 0 Å². The van der Waals surface area contributed by atoms with Crippen molar-refractivity contribution in [3.05, 3.63) is 45.8 Å². The fourth-order valence-corrected chi connectivity index (χ4v) is 3.26. The largest absolute Gasteiger partial charge is 0.351 e. The SMILES string of the molecule is C=CCCNC(=O)c1sc2cc(Cl)ccc2c1Cl. The number of hydrogen-bond donors (Lipinski definition) is 1. The quantitative estimate of drug-likeness (QED) is 0.653. The summed E-state index contributed by atoms with van der Waals surface area (Å²) in [6.07, 6.45) is 2.49. The van der Waals surface area contributed by atoms with Crippen LogP contribution in [-0.4, -0.2) is 12.5 Å². The summed E-state index contributed by atoms with van der Waals surface area (Å²) in [6, 6.07) is 5.41. The molecule has 1 N–H and O–H groups in total. The highest BCUT2D eigenvalue weighted by atomic mass is 35.5. The zero-order valence-electron chi connectivity index (χ0n) is 9.50. The third-order valence-corrected chi connectivity index (χ3v) is 4.32. The third kappa shape index (κ3) is 2.69. The Morgan fingerprint density at radius 3 is 2.94 bits per heavy atom. The van der Waals surface area contributed by atoms with Gasteiger partial charge in [0, 0.05) is 21.7 Å². The predicted molar refractivity (Wildman–Crippen MR) is 79.0 cm³/mol. The Labute approximate surface area is 119 Å². The van der Waals surface area contributed by atoms with Crippen LogP contribution in [0.15, 0.2) is 30.9 Å². The van der Waals surface area contributed by atoms with Crippen molar-refractivity contribution in [2.75, 3.05) is 6.54 Å². The van der Waals surface area contributed by atoms with Crippen LogP contribution in [0, 0.1) is 0 Å². The van der Waals surface area contributed by atoms with Gasteiger partial charge < -0.3 is 5.32 Å². The number of benzene rings is 1. The summed E-state index contributed by atoms with van der Waals surface area (Å²) in [4.78, 5) is 12.5. The van der Waals surface area contributed by atoms with Crippen molar-refractivity contribution in [3.8, 4) is 0 Å². The van der Waals surface area contributed by atoms with Gasteiger partial charge in [-0.2, -0.15) is 0 Å². The maximum Gasteiger partial charge on any atom is 0.262 e. The molecule has 1 heterocycles. The van der Waals surface area contributed by atoms with Gasteiger partial charge in [-0.3, -0.25) is 4.79 Å². The van der Waals surface area contributed by atoms with Gasteiger partial charge in [-0.05, 0) is 18.6 Å². The molecule has 0 fully saturated rings. The molecule has 0 saturated heterocycles. The summed E-state index contributed by atoms with van der Waals surface area (Å²) in [5.74, 6) is -0.154. The molecule has 1 amide bonds. The van der Waals surface area contributed by atoms with Gasteiger partial charge in [0.25, 0.3) is 5.91 Å². The molecule has 1 aromatic carbocycles. The van der Waals surface area contributed by atoms with E-state index in [0.29, 0.717) is 21.5 Å². The number of carbonyl (C=O) groups is 1. The van der Waals surface area contributed by atoms with Crippen molar-refractivity contribution in [2.45, 2.75) is 6.42 Å². The molecule has 0 bridgehead atoms. The van der Waals surface area contributed by atoms with E-state index < -0.39 is 0 Å². The number of fused-ring (bicyclic) bond motifs is 1. The van der Waals surface area contributed by atoms with Crippen LogP contribution in [0.1, 0.15) is 16.1 Å². The van der Waals surface area contributed by atoms with E-state index in [1.165, 1.54) is 11.3 Å². The Bertz CT molecular complexity index is 606. The molecule has 0 aliphatic carbocycles. The minimum Gasteiger partial charge on any atom is -0.351 e. The maximum atomic E-state index is 11.9. The van der Waals surface area contributed by atoms with Gasteiger partial charge in [0.05, 0.1) is 5.02 Å². The van der Waals surface area contributed by atoms with Crippen LogP contribution in [-0.2, 0) is 0 Å². The first kappa shape index (κ1) is 13.4. The standard InChI is InChI=1S/C13H11Cl2NOS/c1-2-3-6-16-13(17)12-11(15)9-5-4-8(14)7-10(9)18-12/h2,4-5,7H,1,3,6H2,(H,16,17). The second-order valence-corrected chi connectivity index (χ2v) is 5.59. The molecule has 2 aromatic rings. The Balaban J connectivity index is 2.30. The molecule has 0 saturated carbocycles. The number of rotatable bonds is 4. The monoisotopic (exact) mass is 299 g/mol. The van der Waals surface area contributed by atoms with Gasteiger partial charge in [0.15, 0.2) is 0 Å². The van der Waals surface area contributed by atoms with Crippen LogP contribution in [0.4, 0.5) is 0 Å². The highest BCUT2D eigenvalue weighted by Crippen LogP contribution is 2.36. The summed E-state index contributed by atoms with van der Waals surface area (Å²) >= 11 is 13.5. The molecule has 0 atom stereocenters. The average molecular weight is 300 g/mol. The minimum atomic E-state index is -0.154. The summed E-state index contributed by atoms with van der Waals surface area (Å²) in [7, 11) is 0. The number of nitrogens with one attached hydrogen (secondary N) is 1. The van der Waals surface area contributed by atoms with Crippen LogP contribution in [0.5, 0.6) is 0 Å². The van der Waals surface area contributed by atoms with Crippen molar-refractivity contribution < 1.29 is 4.79 Å². The van der Waals surface area contributed by atoms with Crippen molar-refractivity contribution in [3.63, 3.8) is 0 Å². The van der Waals surface area contributed by atoms with Crippen LogP contribution in [0.2, 0.25) is 10.0 Å². The lowest BCUT2D eigenvalue weighted by molar-refractivity contribution is 0.0958. The zero-order valence-corrected chi connectivity index (χ0v) is 11.8. The predicted octanol–water partition coefficient (Wildman–Crippen LogP) is 4.51. The van der Waals surface area contributed by atoms with E-state index in [2.05, 4.69) is 11.9 Å². The Morgan fingerprint density at radius 2 is 2.22 bits per heavy atom. The molecule has 5 heteroatoms. The first-order valence-corrected chi connectivity index (χ1v) is 6.97. The van der Waals surface area contributed by atoms with Crippen LogP contribution in [0.3, 0.4) is 0 Å². The summed E-state index contributed by atoms with van der Waals surface area (Å²) in [6.45, 7) is 4.17. The van der Waals surface area contributed by atoms with E-state index in [0.717, 1.165) is 16.5 Å². The number of thiophene rings is 1. The van der Waals surface area contributed by atoms with Crippen molar-refractivity contribution >= 4 is 50.5 Å². The van der Waals surface area contributed by atoms with Gasteiger partial charge in [-0.15, -0.1) is 17.9 Å². The minimum absolute atomic E-state index is 0.154. The van der Waals surface area contributed by atoms with E-state index >= 15 is 0 Å². The van der Waals surface area contributed by atoms with E-state index in [-0.39, 0.29) is 5.91 Å². The molecule has 2 nitrogen and oxygen atoms in total. The lowest BCUT2D eigenvalue weighted by Crippen LogP contribution is -2.23. The lowest BCUT2D eigenvalue weighted by atomic mass is 10.2. The smallest absolute Gasteiger partial charge is 0.262 e. The van der Waals surface area contributed by atoms with Crippen molar-refractivity contribution in [2.24, 2.45) is 0 Å². The van der Waals surface area contributed by atoms with Crippen LogP contribution >= 0.6 is 34.5 Å². The molecule has 0 aliphatic heterocycles. The first-order valence-electron chi connectivity index (χ1n) is 5.40. The topological polar surface area (TPSA) is 29.1 Å². The lowest BCUT2D eigenvalue weighted by Gasteiger charge is -2.00. The Morgan fingerprint density at radius 1 is 1.44 bits per heavy atom. The number of carbonyl (C=O) groups excluding carboxylic acids is 1. The Kier molecular flexibility index (Phi) is 4.27. The van der Waals surface area contributed by atoms with E-state index in [9.17, 15) is 4.79 Å². The molecule has 0 aliphatic rings. The van der Waals surface area contributed by atoms with Gasteiger partial charge >= 0.3 is 0 Å². The molecule has 0 radical (unpaired) electrons. The number of amides is 1. The first-order chi connectivity index (χ1) is 8.63. The van der Waals surface area contributed by atoms with Crippen LogP contribution in [0.25, 0.3) is 10.1 Å². The molecule has 2 rings (SSSR count). The normalized spacial score (nSPS) is 10.6. The van der Waals surface area contributed by atoms with Gasteiger partial charge in [0.1, 0.15) is 4.88 Å². The summed E-state index contributed by atoms with van der Waals surface area (Å²) < 4.78 is 0.918. The van der Waals surface area contributed by atoms with Crippen molar-refractivity contribution in [1.82, 2.24) is 5.32 Å². The highest BCUT2D eigenvalue weighted by molar-refractivity contribution is 7.21. The number of hydrogen-bond acceptors (Lipinski definition) is 2. The summed E-state index contributed by atoms with van der Waals surface area (Å²) in [5.41, 5.74) is 0. The average Bonchev–Trinajstić information content (AvgIpc) is 2.66. The van der Waals surface area contributed by atoms with Gasteiger partial charge in [0.2, 0.25) is 0 Å². The van der Waals surface area contributed by atoms with E-state index in [1.807, 2.05) is 12.1 Å². The van der Waals surface area contributed by atoms with Crippen LogP contribution < -0.4 is 5.32 Å². The van der Waals surface area contributed by atoms with Gasteiger partial charge in [-0.25, -0.2) is 0 Å². The molecule has 0 unspecified atom stereocenters. The highest BCUT2D eigenvalue weighted by Gasteiger charge is 2.16. The second-order valence-electron chi connectivity index (χ2n) is 3.72. The molecular formula is C13H11Cl2NOS. The Hall–Kier alpha value is -1.03. The molecule has 94 valence electrons. The zero-order chi connectivity index (χ0) is 13.1. The maximum absolute atomic E-state index is 11.9. The fraction of sp³-hybridized carbons (Fsp3) is 0.154.